The third-order valence-corrected chi connectivity index (χ3v) is 3.35. The maximum Gasteiger partial charge on any atom is 0.248 e. The monoisotopic (exact) mass is 289 g/mol. The molecule has 0 saturated heterocycles. The number of nitrogens with two attached hydrogens (primary N) is 1. The van der Waals surface area contributed by atoms with Crippen LogP contribution >= 0.6 is 0 Å². The van der Waals surface area contributed by atoms with Gasteiger partial charge in [0.25, 0.3) is 0 Å². The Morgan fingerprint density at radius 1 is 1.43 bits per heavy atom. The van der Waals surface area contributed by atoms with E-state index in [0.717, 1.165) is 18.6 Å². The largest absolute Gasteiger partial charge is 0.493 e. The van der Waals surface area contributed by atoms with E-state index in [0.29, 0.717) is 18.6 Å². The van der Waals surface area contributed by atoms with Crippen LogP contribution in [0.3, 0.4) is 0 Å². The van der Waals surface area contributed by atoms with Crippen molar-refractivity contribution in [2.24, 2.45) is 5.73 Å². The predicted octanol–water partition coefficient (Wildman–Crippen LogP) is 2.77. The van der Waals surface area contributed by atoms with Crippen molar-refractivity contribution in [1.82, 2.24) is 0 Å². The highest BCUT2D eigenvalue weighted by Gasteiger charge is 2.20. The molecule has 0 aliphatic heterocycles. The van der Waals surface area contributed by atoms with Crippen molar-refractivity contribution in [3.8, 4) is 0 Å². The second-order valence-electron chi connectivity index (χ2n) is 5.59. The van der Waals surface area contributed by atoms with Gasteiger partial charge in [-0.05, 0) is 44.4 Å². The summed E-state index contributed by atoms with van der Waals surface area (Å²) in [5, 5.41) is 0. The summed E-state index contributed by atoms with van der Waals surface area (Å²) in [6, 6.07) is 0. The molecule has 0 aromatic heterocycles. The second kappa shape index (κ2) is 7.27. The molecule has 0 radical (unpaired) electrons. The zero-order chi connectivity index (χ0) is 15.2. The number of ether oxygens (including phenoxy) is 2. The number of rotatable bonds is 6. The molecule has 2 rings (SSSR count). The fraction of sp³-hybridized carbons (Fsp3) is 0.471. The molecule has 0 heterocycles. The summed E-state index contributed by atoms with van der Waals surface area (Å²) in [4.78, 5) is 11.4. The number of allylic oxidation sites excluding steroid dienone is 3. The maximum atomic E-state index is 11.4. The van der Waals surface area contributed by atoms with Crippen LogP contribution in [-0.4, -0.2) is 24.7 Å². The first-order valence-electron chi connectivity index (χ1n) is 7.38. The molecule has 2 aliphatic rings. The third kappa shape index (κ3) is 4.90. The minimum atomic E-state index is -0.451. The summed E-state index contributed by atoms with van der Waals surface area (Å²) in [5.74, 6) is 0.306. The highest BCUT2D eigenvalue weighted by Crippen LogP contribution is 2.23. The van der Waals surface area contributed by atoms with E-state index in [9.17, 15) is 4.79 Å². The van der Waals surface area contributed by atoms with E-state index in [1.54, 1.807) is 12.2 Å². The van der Waals surface area contributed by atoms with Gasteiger partial charge < -0.3 is 15.2 Å². The van der Waals surface area contributed by atoms with E-state index in [1.807, 2.05) is 13.8 Å². The van der Waals surface area contributed by atoms with Crippen molar-refractivity contribution in [3.63, 3.8) is 0 Å². The summed E-state index contributed by atoms with van der Waals surface area (Å²) in [7, 11) is 0. The minimum absolute atomic E-state index is 0.0888. The SMILES string of the molecule is CC(C)OC1C=C(C(N)=O)C=C(OCC2=CCC=CC2)C1. The summed E-state index contributed by atoms with van der Waals surface area (Å²) in [5.41, 5.74) is 7.09. The molecule has 4 nitrogen and oxygen atoms in total. The molecule has 0 aromatic carbocycles. The summed E-state index contributed by atoms with van der Waals surface area (Å²) in [6.45, 7) is 4.49. The van der Waals surface area contributed by atoms with E-state index in [-0.39, 0.29) is 12.2 Å². The quantitative estimate of drug-likeness (QED) is 0.765. The Labute approximate surface area is 126 Å². The standard InChI is InChI=1S/C17H23NO3/c1-12(2)21-16-9-14(17(18)19)8-15(10-16)20-11-13-6-4-3-5-7-13/h3-4,7-9,12,16H,5-6,10-11H2,1-2H3,(H2,18,19). The lowest BCUT2D eigenvalue weighted by Crippen LogP contribution is -2.24. The van der Waals surface area contributed by atoms with Crippen molar-refractivity contribution in [1.29, 1.82) is 0 Å². The van der Waals surface area contributed by atoms with Crippen molar-refractivity contribution >= 4 is 5.91 Å². The Bertz CT molecular complexity index is 512. The van der Waals surface area contributed by atoms with Crippen LogP contribution in [-0.2, 0) is 14.3 Å². The highest BCUT2D eigenvalue weighted by molar-refractivity contribution is 5.95. The topological polar surface area (TPSA) is 61.5 Å². The molecule has 2 aliphatic carbocycles. The molecule has 21 heavy (non-hydrogen) atoms. The lowest BCUT2D eigenvalue weighted by atomic mass is 10.0. The van der Waals surface area contributed by atoms with Gasteiger partial charge in [0.15, 0.2) is 0 Å². The van der Waals surface area contributed by atoms with Crippen molar-refractivity contribution in [3.05, 3.63) is 47.3 Å². The molecule has 0 fully saturated rings. The first-order valence-corrected chi connectivity index (χ1v) is 7.38. The van der Waals surface area contributed by atoms with Gasteiger partial charge in [0, 0.05) is 12.0 Å². The summed E-state index contributed by atoms with van der Waals surface area (Å²) < 4.78 is 11.6. The lowest BCUT2D eigenvalue weighted by molar-refractivity contribution is -0.114. The Kier molecular flexibility index (Phi) is 5.39. The molecule has 1 unspecified atom stereocenters. The Morgan fingerprint density at radius 3 is 2.86 bits per heavy atom. The fourth-order valence-corrected chi connectivity index (χ4v) is 2.38. The molecule has 4 heteroatoms. The van der Waals surface area contributed by atoms with Crippen LogP contribution in [0.2, 0.25) is 0 Å². The first kappa shape index (κ1) is 15.6. The number of carbonyl (C=O) groups is 1. The number of amides is 1. The summed E-state index contributed by atoms with van der Waals surface area (Å²) in [6.07, 6.45) is 12.4. The van der Waals surface area contributed by atoms with Gasteiger partial charge in [-0.15, -0.1) is 0 Å². The van der Waals surface area contributed by atoms with Gasteiger partial charge in [-0.25, -0.2) is 0 Å². The molecule has 0 saturated carbocycles. The van der Waals surface area contributed by atoms with Gasteiger partial charge >= 0.3 is 0 Å². The molecule has 2 N–H and O–H groups in total. The van der Waals surface area contributed by atoms with Crippen LogP contribution in [0.15, 0.2) is 47.3 Å². The van der Waals surface area contributed by atoms with Gasteiger partial charge in [-0.3, -0.25) is 4.79 Å². The Morgan fingerprint density at radius 2 is 2.24 bits per heavy atom. The van der Waals surface area contributed by atoms with E-state index in [4.69, 9.17) is 15.2 Å². The van der Waals surface area contributed by atoms with Crippen molar-refractivity contribution in [2.75, 3.05) is 6.61 Å². The zero-order valence-electron chi connectivity index (χ0n) is 12.7. The van der Waals surface area contributed by atoms with E-state index < -0.39 is 5.91 Å². The smallest absolute Gasteiger partial charge is 0.248 e. The van der Waals surface area contributed by atoms with E-state index >= 15 is 0 Å². The van der Waals surface area contributed by atoms with Crippen LogP contribution < -0.4 is 5.73 Å². The van der Waals surface area contributed by atoms with E-state index in [1.165, 1.54) is 5.57 Å². The molecular weight excluding hydrogens is 266 g/mol. The van der Waals surface area contributed by atoms with Crippen molar-refractivity contribution in [2.45, 2.75) is 45.3 Å². The molecule has 1 amide bonds. The molecule has 114 valence electrons. The predicted molar refractivity (Wildman–Crippen MR) is 82.4 cm³/mol. The van der Waals surface area contributed by atoms with Gasteiger partial charge in [0.1, 0.15) is 12.4 Å². The number of primary amides is 1. The minimum Gasteiger partial charge on any atom is -0.493 e. The normalized spacial score (nSPS) is 21.7. The van der Waals surface area contributed by atoms with Crippen molar-refractivity contribution < 1.29 is 14.3 Å². The number of hydrogen-bond donors (Lipinski definition) is 1. The lowest BCUT2D eigenvalue weighted by Gasteiger charge is -2.24. The highest BCUT2D eigenvalue weighted by atomic mass is 16.5. The Balaban J connectivity index is 1.98. The van der Waals surface area contributed by atoms with Crippen LogP contribution in [0.5, 0.6) is 0 Å². The van der Waals surface area contributed by atoms with Crippen LogP contribution in [0, 0.1) is 0 Å². The van der Waals surface area contributed by atoms with Crippen LogP contribution in [0.1, 0.15) is 33.1 Å². The first-order chi connectivity index (χ1) is 10.0. The van der Waals surface area contributed by atoms with Gasteiger partial charge in [-0.1, -0.05) is 18.2 Å². The zero-order valence-corrected chi connectivity index (χ0v) is 12.7. The fourth-order valence-electron chi connectivity index (χ4n) is 2.38. The van der Waals surface area contributed by atoms with E-state index in [2.05, 4.69) is 18.2 Å². The molecule has 0 spiro atoms. The maximum absolute atomic E-state index is 11.4. The number of hydrogen-bond acceptors (Lipinski definition) is 3. The molecule has 1 atom stereocenters. The molecule has 0 aromatic rings. The second-order valence-corrected chi connectivity index (χ2v) is 5.59. The summed E-state index contributed by atoms with van der Waals surface area (Å²) >= 11 is 0. The average molecular weight is 289 g/mol. The van der Waals surface area contributed by atoms with Crippen LogP contribution in [0.4, 0.5) is 0 Å². The van der Waals surface area contributed by atoms with Gasteiger partial charge in [0.05, 0.1) is 12.2 Å². The molecule has 0 bridgehead atoms. The Hall–Kier alpha value is -1.81. The van der Waals surface area contributed by atoms with Gasteiger partial charge in [0.2, 0.25) is 5.91 Å². The van der Waals surface area contributed by atoms with Gasteiger partial charge in [-0.2, -0.15) is 0 Å². The van der Waals surface area contributed by atoms with Crippen LogP contribution in [0.25, 0.3) is 0 Å². The average Bonchev–Trinajstić information content (AvgIpc) is 2.45. The molecular formula is C17H23NO3. The third-order valence-electron chi connectivity index (χ3n) is 3.35. The number of carbonyl (C=O) groups excluding carboxylic acids is 1.